The zero-order chi connectivity index (χ0) is 7.73. The number of rotatable bonds is 0. The molecule has 11 heavy (non-hydrogen) atoms. The van der Waals surface area contributed by atoms with Gasteiger partial charge in [-0.1, -0.05) is 18.1 Å². The van der Waals surface area contributed by atoms with E-state index in [-0.39, 0.29) is 5.54 Å². The number of allylic oxidation sites excluding steroid dienone is 1. The normalized spacial score (nSPS) is 37.7. The van der Waals surface area contributed by atoms with Crippen molar-refractivity contribution < 1.29 is 0 Å². The Morgan fingerprint density at radius 1 is 1.18 bits per heavy atom. The summed E-state index contributed by atoms with van der Waals surface area (Å²) in [6, 6.07) is 0. The molecule has 0 aromatic carbocycles. The average Bonchev–Trinajstić information content (AvgIpc) is 2.03. The highest BCUT2D eigenvalue weighted by atomic mass is 14.8. The van der Waals surface area contributed by atoms with Crippen molar-refractivity contribution in [3.05, 3.63) is 11.6 Å². The Kier molecular flexibility index (Phi) is 1.76. The Bertz CT molecular complexity index is 183. The maximum atomic E-state index is 6.30. The van der Waals surface area contributed by atoms with Gasteiger partial charge in [0.25, 0.3) is 0 Å². The Balaban J connectivity index is 2.22. The zero-order valence-electron chi connectivity index (χ0n) is 7.10. The van der Waals surface area contributed by atoms with Crippen LogP contribution in [0.1, 0.15) is 44.9 Å². The van der Waals surface area contributed by atoms with E-state index in [0.717, 1.165) is 0 Å². The van der Waals surface area contributed by atoms with Crippen molar-refractivity contribution in [2.45, 2.75) is 50.5 Å². The molecule has 1 fully saturated rings. The number of nitrogens with two attached hydrogens (primary N) is 1. The molecular formula is C10H17N. The predicted molar refractivity (Wildman–Crippen MR) is 47.3 cm³/mol. The smallest absolute Gasteiger partial charge is 0.0368 e. The molecule has 0 saturated heterocycles. The summed E-state index contributed by atoms with van der Waals surface area (Å²) in [6.07, 6.45) is 11.4. The van der Waals surface area contributed by atoms with Crippen molar-refractivity contribution in [1.29, 1.82) is 0 Å². The van der Waals surface area contributed by atoms with Gasteiger partial charge in [-0.05, 0) is 38.5 Å². The van der Waals surface area contributed by atoms with Gasteiger partial charge in [-0.2, -0.15) is 0 Å². The lowest BCUT2D eigenvalue weighted by Crippen LogP contribution is -2.45. The van der Waals surface area contributed by atoms with Crippen LogP contribution in [0, 0.1) is 0 Å². The zero-order valence-corrected chi connectivity index (χ0v) is 7.10. The standard InChI is InChI=1S/C10H17N/c11-10-7-3-1-5-9(10)6-2-4-8-10/h5H,1-4,6-8,11H2. The van der Waals surface area contributed by atoms with E-state index in [2.05, 4.69) is 6.08 Å². The Labute approximate surface area is 68.7 Å². The SMILES string of the molecule is NC12CCCC=C1CCCC2. The van der Waals surface area contributed by atoms with Crippen molar-refractivity contribution in [1.82, 2.24) is 0 Å². The van der Waals surface area contributed by atoms with Crippen molar-refractivity contribution >= 4 is 0 Å². The number of hydrogen-bond donors (Lipinski definition) is 1. The van der Waals surface area contributed by atoms with E-state index in [1.165, 1.54) is 44.9 Å². The molecule has 1 nitrogen and oxygen atoms in total. The third kappa shape index (κ3) is 1.22. The fraction of sp³-hybridized carbons (Fsp3) is 0.800. The summed E-state index contributed by atoms with van der Waals surface area (Å²) in [5, 5.41) is 0. The van der Waals surface area contributed by atoms with E-state index in [9.17, 15) is 0 Å². The fourth-order valence-corrected chi connectivity index (χ4v) is 2.45. The van der Waals surface area contributed by atoms with Crippen molar-refractivity contribution in [2.24, 2.45) is 5.73 Å². The van der Waals surface area contributed by atoms with Gasteiger partial charge in [-0.15, -0.1) is 0 Å². The van der Waals surface area contributed by atoms with Gasteiger partial charge in [0.1, 0.15) is 0 Å². The first-order valence-electron chi connectivity index (χ1n) is 4.80. The Hall–Kier alpha value is -0.300. The lowest BCUT2D eigenvalue weighted by Gasteiger charge is -2.39. The van der Waals surface area contributed by atoms with Crippen LogP contribution in [-0.4, -0.2) is 5.54 Å². The summed E-state index contributed by atoms with van der Waals surface area (Å²) in [5.74, 6) is 0. The van der Waals surface area contributed by atoms with E-state index in [0.29, 0.717) is 0 Å². The monoisotopic (exact) mass is 151 g/mol. The van der Waals surface area contributed by atoms with Gasteiger partial charge in [0.05, 0.1) is 0 Å². The first-order valence-corrected chi connectivity index (χ1v) is 4.80. The van der Waals surface area contributed by atoms with Crippen molar-refractivity contribution in [3.8, 4) is 0 Å². The largest absolute Gasteiger partial charge is 0.322 e. The van der Waals surface area contributed by atoms with Gasteiger partial charge in [0.2, 0.25) is 0 Å². The molecule has 2 aliphatic carbocycles. The van der Waals surface area contributed by atoms with Crippen LogP contribution in [0.25, 0.3) is 0 Å². The van der Waals surface area contributed by atoms with Crippen LogP contribution in [0.2, 0.25) is 0 Å². The second-order valence-electron chi connectivity index (χ2n) is 3.98. The molecule has 0 radical (unpaired) electrons. The molecule has 2 aliphatic rings. The van der Waals surface area contributed by atoms with Gasteiger partial charge in [-0.3, -0.25) is 0 Å². The van der Waals surface area contributed by atoms with Gasteiger partial charge in [0.15, 0.2) is 0 Å². The first-order chi connectivity index (χ1) is 5.31. The van der Waals surface area contributed by atoms with Crippen LogP contribution in [0.15, 0.2) is 11.6 Å². The van der Waals surface area contributed by atoms with E-state index in [4.69, 9.17) is 5.73 Å². The van der Waals surface area contributed by atoms with E-state index in [1.807, 2.05) is 0 Å². The molecule has 2 N–H and O–H groups in total. The lowest BCUT2D eigenvalue weighted by atomic mass is 9.72. The molecule has 0 heterocycles. The Morgan fingerprint density at radius 3 is 2.82 bits per heavy atom. The van der Waals surface area contributed by atoms with Crippen LogP contribution in [0.5, 0.6) is 0 Å². The maximum Gasteiger partial charge on any atom is 0.0368 e. The fourth-order valence-electron chi connectivity index (χ4n) is 2.45. The highest BCUT2D eigenvalue weighted by Gasteiger charge is 2.32. The molecular weight excluding hydrogens is 134 g/mol. The number of fused-ring (bicyclic) bond motifs is 1. The maximum absolute atomic E-state index is 6.30. The molecule has 0 bridgehead atoms. The highest BCUT2D eigenvalue weighted by molar-refractivity contribution is 5.23. The molecule has 1 atom stereocenters. The minimum absolute atomic E-state index is 0.135. The van der Waals surface area contributed by atoms with E-state index >= 15 is 0 Å². The van der Waals surface area contributed by atoms with Gasteiger partial charge < -0.3 is 5.73 Å². The van der Waals surface area contributed by atoms with Crippen LogP contribution < -0.4 is 5.73 Å². The van der Waals surface area contributed by atoms with Crippen LogP contribution in [0.4, 0.5) is 0 Å². The summed E-state index contributed by atoms with van der Waals surface area (Å²) < 4.78 is 0. The quantitative estimate of drug-likeness (QED) is 0.528. The predicted octanol–water partition coefficient (Wildman–Crippen LogP) is 2.37. The molecule has 1 heteroatoms. The molecule has 0 aromatic rings. The van der Waals surface area contributed by atoms with Crippen molar-refractivity contribution in [2.75, 3.05) is 0 Å². The summed E-state index contributed by atoms with van der Waals surface area (Å²) in [6.45, 7) is 0. The molecule has 0 spiro atoms. The minimum Gasteiger partial charge on any atom is -0.322 e. The lowest BCUT2D eigenvalue weighted by molar-refractivity contribution is 0.338. The van der Waals surface area contributed by atoms with Gasteiger partial charge in [-0.25, -0.2) is 0 Å². The average molecular weight is 151 g/mol. The molecule has 1 unspecified atom stereocenters. The van der Waals surface area contributed by atoms with Gasteiger partial charge >= 0.3 is 0 Å². The van der Waals surface area contributed by atoms with Gasteiger partial charge in [0, 0.05) is 5.54 Å². The molecule has 2 rings (SSSR count). The first kappa shape index (κ1) is 7.35. The van der Waals surface area contributed by atoms with Crippen LogP contribution >= 0.6 is 0 Å². The number of hydrogen-bond acceptors (Lipinski definition) is 1. The third-order valence-electron chi connectivity index (χ3n) is 3.18. The second kappa shape index (κ2) is 2.63. The summed E-state index contributed by atoms with van der Waals surface area (Å²) in [7, 11) is 0. The van der Waals surface area contributed by atoms with E-state index < -0.39 is 0 Å². The molecule has 0 aliphatic heterocycles. The Morgan fingerprint density at radius 2 is 2.00 bits per heavy atom. The molecule has 0 amide bonds. The minimum atomic E-state index is 0.135. The van der Waals surface area contributed by atoms with Crippen LogP contribution in [0.3, 0.4) is 0 Å². The van der Waals surface area contributed by atoms with Crippen LogP contribution in [-0.2, 0) is 0 Å². The summed E-state index contributed by atoms with van der Waals surface area (Å²) in [5.41, 5.74) is 8.00. The summed E-state index contributed by atoms with van der Waals surface area (Å²) >= 11 is 0. The van der Waals surface area contributed by atoms with Crippen molar-refractivity contribution in [3.63, 3.8) is 0 Å². The summed E-state index contributed by atoms with van der Waals surface area (Å²) in [4.78, 5) is 0. The second-order valence-corrected chi connectivity index (χ2v) is 3.98. The molecule has 0 aromatic heterocycles. The van der Waals surface area contributed by atoms with E-state index in [1.54, 1.807) is 5.57 Å². The molecule has 62 valence electrons. The third-order valence-corrected chi connectivity index (χ3v) is 3.18. The topological polar surface area (TPSA) is 26.0 Å². The molecule has 1 saturated carbocycles. The highest BCUT2D eigenvalue weighted by Crippen LogP contribution is 2.38.